The summed E-state index contributed by atoms with van der Waals surface area (Å²) >= 11 is 1.73. The third-order valence-corrected chi connectivity index (χ3v) is 5.32. The summed E-state index contributed by atoms with van der Waals surface area (Å²) in [5, 5.41) is 13.7. The van der Waals surface area contributed by atoms with Crippen LogP contribution >= 0.6 is 11.3 Å². The Balaban J connectivity index is 1.67. The largest absolute Gasteiger partial charge is 0.467 e. The van der Waals surface area contributed by atoms with Crippen LogP contribution in [0.4, 0.5) is 0 Å². The van der Waals surface area contributed by atoms with Crippen molar-refractivity contribution in [1.82, 2.24) is 9.88 Å². The summed E-state index contributed by atoms with van der Waals surface area (Å²) in [5.74, 6) is 0.675. The number of rotatable bonds is 5. The van der Waals surface area contributed by atoms with E-state index >= 15 is 0 Å². The molecule has 4 nitrogen and oxygen atoms in total. The monoisotopic (exact) mass is 320 g/mol. The molecule has 1 aliphatic heterocycles. The first-order valence-corrected chi connectivity index (χ1v) is 8.97. The van der Waals surface area contributed by atoms with Crippen molar-refractivity contribution in [3.8, 4) is 0 Å². The normalized spacial score (nSPS) is 21.6. The van der Waals surface area contributed by atoms with Gasteiger partial charge in [-0.2, -0.15) is 0 Å². The molecular formula is C17H24N2O2S. The number of furan rings is 1. The van der Waals surface area contributed by atoms with Crippen molar-refractivity contribution in [2.45, 2.75) is 57.7 Å². The van der Waals surface area contributed by atoms with Gasteiger partial charge in [-0.25, -0.2) is 4.98 Å². The zero-order chi connectivity index (χ0) is 15.4. The number of hydrogen-bond donors (Lipinski definition) is 1. The molecule has 0 aliphatic carbocycles. The predicted molar refractivity (Wildman–Crippen MR) is 87.8 cm³/mol. The van der Waals surface area contributed by atoms with E-state index in [1.807, 2.05) is 19.1 Å². The topological polar surface area (TPSA) is 49.5 Å². The molecule has 22 heavy (non-hydrogen) atoms. The van der Waals surface area contributed by atoms with Gasteiger partial charge >= 0.3 is 0 Å². The molecule has 2 aromatic heterocycles. The van der Waals surface area contributed by atoms with Gasteiger partial charge in [0.2, 0.25) is 0 Å². The fraction of sp³-hybridized carbons (Fsp3) is 0.588. The van der Waals surface area contributed by atoms with E-state index in [9.17, 15) is 5.11 Å². The molecule has 120 valence electrons. The van der Waals surface area contributed by atoms with E-state index in [1.54, 1.807) is 17.6 Å². The summed E-state index contributed by atoms with van der Waals surface area (Å²) < 4.78 is 5.35. The summed E-state index contributed by atoms with van der Waals surface area (Å²) in [7, 11) is 0. The molecule has 5 heteroatoms. The number of aromatic nitrogens is 1. The van der Waals surface area contributed by atoms with Gasteiger partial charge < -0.3 is 9.52 Å². The lowest BCUT2D eigenvalue weighted by Gasteiger charge is -2.30. The minimum atomic E-state index is -0.515. The van der Waals surface area contributed by atoms with E-state index in [4.69, 9.17) is 4.42 Å². The molecule has 2 atom stereocenters. The number of aliphatic hydroxyl groups is 1. The second-order valence-electron chi connectivity index (χ2n) is 6.12. The second-order valence-corrected chi connectivity index (χ2v) is 7.07. The van der Waals surface area contributed by atoms with Gasteiger partial charge in [0.05, 0.1) is 12.8 Å². The molecule has 1 fully saturated rings. The Kier molecular flexibility index (Phi) is 5.28. The van der Waals surface area contributed by atoms with E-state index in [0.29, 0.717) is 11.8 Å². The van der Waals surface area contributed by atoms with Crippen LogP contribution in [0.2, 0.25) is 0 Å². The molecule has 0 amide bonds. The lowest BCUT2D eigenvalue weighted by Crippen LogP contribution is -2.35. The van der Waals surface area contributed by atoms with Crippen molar-refractivity contribution in [2.24, 2.45) is 0 Å². The first-order chi connectivity index (χ1) is 10.7. The maximum Gasteiger partial charge on any atom is 0.132 e. The molecular weight excluding hydrogens is 296 g/mol. The molecule has 0 saturated carbocycles. The summed E-state index contributed by atoms with van der Waals surface area (Å²) in [6.07, 6.45) is 6.74. The van der Waals surface area contributed by atoms with Crippen molar-refractivity contribution < 1.29 is 9.52 Å². The average Bonchev–Trinajstić information content (AvgIpc) is 3.12. The molecule has 0 radical (unpaired) electrons. The number of likely N-dealkylation sites (tertiary alicyclic amines) is 1. The first kappa shape index (κ1) is 15.7. The molecule has 1 aliphatic rings. The Morgan fingerprint density at radius 3 is 3.09 bits per heavy atom. The molecule has 1 N–H and O–H groups in total. The van der Waals surface area contributed by atoms with Gasteiger partial charge in [0, 0.05) is 17.1 Å². The average molecular weight is 320 g/mol. The maximum atomic E-state index is 10.4. The fourth-order valence-electron chi connectivity index (χ4n) is 3.22. The van der Waals surface area contributed by atoms with Gasteiger partial charge in [-0.1, -0.05) is 12.8 Å². The molecule has 0 bridgehead atoms. The van der Waals surface area contributed by atoms with Crippen molar-refractivity contribution in [3.05, 3.63) is 40.2 Å². The third-order valence-electron chi connectivity index (χ3n) is 4.37. The van der Waals surface area contributed by atoms with E-state index in [2.05, 4.69) is 15.3 Å². The molecule has 0 aromatic carbocycles. The zero-order valence-electron chi connectivity index (χ0n) is 13.1. The Bertz CT molecular complexity index is 567. The maximum absolute atomic E-state index is 10.4. The van der Waals surface area contributed by atoms with E-state index in [-0.39, 0.29) is 0 Å². The van der Waals surface area contributed by atoms with Crippen LogP contribution in [-0.2, 0) is 6.54 Å². The van der Waals surface area contributed by atoms with Crippen LogP contribution in [0.3, 0.4) is 0 Å². The summed E-state index contributed by atoms with van der Waals surface area (Å²) in [5.41, 5.74) is 1.10. The van der Waals surface area contributed by atoms with Crippen molar-refractivity contribution in [1.29, 1.82) is 0 Å². The van der Waals surface area contributed by atoms with Crippen LogP contribution in [-0.4, -0.2) is 27.6 Å². The minimum absolute atomic E-state index is 0.395. The van der Waals surface area contributed by atoms with E-state index < -0.39 is 6.10 Å². The van der Waals surface area contributed by atoms with E-state index in [0.717, 1.165) is 31.6 Å². The summed E-state index contributed by atoms with van der Waals surface area (Å²) in [6, 6.07) is 4.09. The van der Waals surface area contributed by atoms with Crippen molar-refractivity contribution >= 4 is 11.3 Å². The van der Waals surface area contributed by atoms with Crippen LogP contribution < -0.4 is 0 Å². The first-order valence-electron chi connectivity index (χ1n) is 8.09. The zero-order valence-corrected chi connectivity index (χ0v) is 13.9. The highest BCUT2D eigenvalue weighted by atomic mass is 32.1. The van der Waals surface area contributed by atoms with Crippen LogP contribution in [0.5, 0.6) is 0 Å². The number of aryl methyl sites for hydroxylation is 1. The molecule has 2 aromatic rings. The highest BCUT2D eigenvalue weighted by Gasteiger charge is 2.25. The highest BCUT2D eigenvalue weighted by molar-refractivity contribution is 7.09. The third kappa shape index (κ3) is 3.97. The molecule has 0 unspecified atom stereocenters. The molecule has 1 saturated heterocycles. The van der Waals surface area contributed by atoms with Crippen LogP contribution in [0, 0.1) is 6.92 Å². The molecule has 0 spiro atoms. The number of hydrogen-bond acceptors (Lipinski definition) is 5. The van der Waals surface area contributed by atoms with Gasteiger partial charge in [0.1, 0.15) is 16.9 Å². The number of nitrogens with zero attached hydrogens (tertiary/aromatic N) is 2. The Labute approximate surface area is 135 Å². The van der Waals surface area contributed by atoms with Gasteiger partial charge in [-0.3, -0.25) is 4.90 Å². The fourth-order valence-corrected chi connectivity index (χ4v) is 4.01. The smallest absolute Gasteiger partial charge is 0.132 e. The molecule has 3 rings (SSSR count). The standard InChI is InChI=1S/C17H24N2O2S/c1-13-12-22-17(18-13)11-19-8-4-2-3-6-14(19)10-15(20)16-7-5-9-21-16/h5,7,9,12,14-15,20H,2-4,6,8,10-11H2,1H3/t14-,15-/m1/s1. The number of aliphatic hydroxyl groups excluding tert-OH is 1. The lowest BCUT2D eigenvalue weighted by atomic mass is 10.0. The second kappa shape index (κ2) is 7.40. The van der Waals surface area contributed by atoms with Crippen LogP contribution in [0.25, 0.3) is 0 Å². The Morgan fingerprint density at radius 2 is 2.36 bits per heavy atom. The SMILES string of the molecule is Cc1csc(CN2CCCCC[C@@H]2C[C@@H](O)c2ccco2)n1. The van der Waals surface area contributed by atoms with Gasteiger partial charge in [-0.05, 0) is 44.9 Å². The van der Waals surface area contributed by atoms with Gasteiger partial charge in [-0.15, -0.1) is 11.3 Å². The molecule has 3 heterocycles. The van der Waals surface area contributed by atoms with Gasteiger partial charge in [0.25, 0.3) is 0 Å². The van der Waals surface area contributed by atoms with Crippen molar-refractivity contribution in [3.63, 3.8) is 0 Å². The highest BCUT2D eigenvalue weighted by Crippen LogP contribution is 2.28. The van der Waals surface area contributed by atoms with Crippen LogP contribution in [0.15, 0.2) is 28.2 Å². The lowest BCUT2D eigenvalue weighted by molar-refractivity contribution is 0.0830. The van der Waals surface area contributed by atoms with Crippen LogP contribution in [0.1, 0.15) is 54.7 Å². The number of thiazole rings is 1. The summed E-state index contributed by atoms with van der Waals surface area (Å²) in [4.78, 5) is 7.09. The summed E-state index contributed by atoms with van der Waals surface area (Å²) in [6.45, 7) is 4.03. The predicted octanol–water partition coefficient (Wildman–Crippen LogP) is 3.91. The Morgan fingerprint density at radius 1 is 1.45 bits per heavy atom. The van der Waals surface area contributed by atoms with E-state index in [1.165, 1.54) is 24.3 Å². The quantitative estimate of drug-likeness (QED) is 0.907. The van der Waals surface area contributed by atoms with Gasteiger partial charge in [0.15, 0.2) is 0 Å². The Hall–Kier alpha value is -1.17. The minimum Gasteiger partial charge on any atom is -0.467 e. The van der Waals surface area contributed by atoms with Crippen molar-refractivity contribution in [2.75, 3.05) is 6.54 Å².